The second-order valence-electron chi connectivity index (χ2n) is 2.55. The summed E-state index contributed by atoms with van der Waals surface area (Å²) in [7, 11) is 0. The fraction of sp³-hybridized carbons (Fsp3) is 0.125. The van der Waals surface area contributed by atoms with Crippen LogP contribution in [0.15, 0.2) is 12.1 Å². The van der Waals surface area contributed by atoms with Gasteiger partial charge in [-0.3, -0.25) is 4.79 Å². The summed E-state index contributed by atoms with van der Waals surface area (Å²) in [5.41, 5.74) is 4.71. The Kier molecular flexibility index (Phi) is 3.09. The van der Waals surface area contributed by atoms with Gasteiger partial charge < -0.3 is 10.5 Å². The quantitative estimate of drug-likeness (QED) is 0.638. The van der Waals surface area contributed by atoms with Crippen molar-refractivity contribution in [2.24, 2.45) is 0 Å². The third-order valence-electron chi connectivity index (χ3n) is 1.53. The molecule has 0 unspecified atom stereocenters. The topological polar surface area (TPSA) is 52.3 Å². The maximum absolute atomic E-state index is 11.9. The molecule has 0 bridgehead atoms. The van der Waals surface area contributed by atoms with E-state index >= 15 is 0 Å². The number of rotatable bonds is 2. The van der Waals surface area contributed by atoms with Crippen LogP contribution in [0.3, 0.4) is 0 Å². The average molecular weight is 240 g/mol. The van der Waals surface area contributed by atoms with Gasteiger partial charge in [0.15, 0.2) is 12.0 Å². The molecule has 0 aromatic heterocycles. The molecule has 7 heteroatoms. The first-order chi connectivity index (χ1) is 6.85. The van der Waals surface area contributed by atoms with Crippen molar-refractivity contribution >= 4 is 23.6 Å². The highest BCUT2D eigenvalue weighted by atomic mass is 35.5. The summed E-state index contributed by atoms with van der Waals surface area (Å²) in [5.74, 6) is -0.756. The van der Waals surface area contributed by atoms with E-state index in [1.807, 2.05) is 0 Å². The number of hydrogen-bond donors (Lipinski definition) is 1. The molecule has 0 fully saturated rings. The highest BCUT2D eigenvalue weighted by Crippen LogP contribution is 2.36. The van der Waals surface area contributed by atoms with Crippen LogP contribution in [-0.2, 0) is 0 Å². The van der Waals surface area contributed by atoms with E-state index in [4.69, 9.17) is 17.3 Å². The molecule has 0 aliphatic rings. The van der Waals surface area contributed by atoms with Gasteiger partial charge in [0.25, 0.3) is 0 Å². The normalized spacial score (nSPS) is 11.2. The summed E-state index contributed by atoms with van der Waals surface area (Å²) in [5, 5.41) is -0.310. The van der Waals surface area contributed by atoms with Gasteiger partial charge in [0, 0.05) is 5.56 Å². The molecular formula is C8H5ClF3NO2. The van der Waals surface area contributed by atoms with E-state index in [2.05, 4.69) is 4.74 Å². The van der Waals surface area contributed by atoms with Gasteiger partial charge in [0.1, 0.15) is 0 Å². The lowest BCUT2D eigenvalue weighted by molar-refractivity contribution is -0.274. The number of carbonyl (C=O) groups excluding carboxylic acids is 1. The Hall–Kier alpha value is -1.43. The summed E-state index contributed by atoms with van der Waals surface area (Å²) < 4.78 is 39.3. The highest BCUT2D eigenvalue weighted by molar-refractivity contribution is 6.32. The molecule has 1 aromatic rings. The fourth-order valence-electron chi connectivity index (χ4n) is 0.910. The number of anilines is 1. The second kappa shape index (κ2) is 3.98. The summed E-state index contributed by atoms with van der Waals surface area (Å²) in [6.07, 6.45) is -4.59. The molecule has 1 aromatic carbocycles. The number of alkyl halides is 3. The lowest BCUT2D eigenvalue weighted by Gasteiger charge is -2.13. The molecule has 0 radical (unpaired) electrons. The van der Waals surface area contributed by atoms with E-state index in [0.29, 0.717) is 6.29 Å². The van der Waals surface area contributed by atoms with E-state index in [1.54, 1.807) is 0 Å². The van der Waals surface area contributed by atoms with Crippen molar-refractivity contribution in [3.05, 3.63) is 22.7 Å². The molecule has 3 nitrogen and oxygen atoms in total. The van der Waals surface area contributed by atoms with Crippen molar-refractivity contribution in [3.8, 4) is 5.75 Å². The molecule has 0 saturated heterocycles. The Morgan fingerprint density at radius 1 is 1.40 bits per heavy atom. The van der Waals surface area contributed by atoms with Crippen LogP contribution in [-0.4, -0.2) is 12.6 Å². The van der Waals surface area contributed by atoms with Gasteiger partial charge in [-0.25, -0.2) is 0 Å². The van der Waals surface area contributed by atoms with Gasteiger partial charge >= 0.3 is 6.36 Å². The van der Waals surface area contributed by atoms with E-state index in [0.717, 1.165) is 6.07 Å². The molecule has 0 saturated carbocycles. The average Bonchev–Trinajstić information content (AvgIpc) is 2.11. The van der Waals surface area contributed by atoms with Crippen LogP contribution in [0.1, 0.15) is 10.4 Å². The summed E-state index contributed by atoms with van der Waals surface area (Å²) >= 11 is 5.44. The minimum absolute atomic E-state index is 0.112. The van der Waals surface area contributed by atoms with E-state index < -0.39 is 17.8 Å². The molecule has 0 heterocycles. The zero-order valence-electron chi connectivity index (χ0n) is 7.14. The molecule has 0 aliphatic heterocycles. The molecule has 2 N–H and O–H groups in total. The third kappa shape index (κ3) is 2.76. The summed E-state index contributed by atoms with van der Waals surface area (Å²) in [4.78, 5) is 10.4. The van der Waals surface area contributed by atoms with Crippen LogP contribution < -0.4 is 10.5 Å². The standard InChI is InChI=1S/C8H5ClF3NO2/c9-5-2-1-4(3-14)6(13)7(5)15-8(10,11)12/h1-3H,13H2. The number of benzene rings is 1. The van der Waals surface area contributed by atoms with Crippen LogP contribution in [0, 0.1) is 0 Å². The van der Waals surface area contributed by atoms with Crippen molar-refractivity contribution in [2.75, 3.05) is 5.73 Å². The zero-order chi connectivity index (χ0) is 11.6. The Morgan fingerprint density at radius 2 is 2.00 bits per heavy atom. The van der Waals surface area contributed by atoms with Crippen LogP contribution >= 0.6 is 11.6 Å². The van der Waals surface area contributed by atoms with Crippen molar-refractivity contribution in [1.29, 1.82) is 0 Å². The Morgan fingerprint density at radius 3 is 2.47 bits per heavy atom. The van der Waals surface area contributed by atoms with E-state index in [-0.39, 0.29) is 10.6 Å². The Labute approximate surface area is 87.6 Å². The first kappa shape index (κ1) is 11.6. The van der Waals surface area contributed by atoms with Crippen LogP contribution in [0.25, 0.3) is 0 Å². The SMILES string of the molecule is Nc1c(C=O)ccc(Cl)c1OC(F)(F)F. The van der Waals surface area contributed by atoms with Crippen LogP contribution in [0.5, 0.6) is 5.75 Å². The molecule has 0 amide bonds. The second-order valence-corrected chi connectivity index (χ2v) is 2.95. The number of ether oxygens (including phenoxy) is 1. The smallest absolute Gasteiger partial charge is 0.402 e. The van der Waals surface area contributed by atoms with Crippen molar-refractivity contribution < 1.29 is 22.7 Å². The lowest BCUT2D eigenvalue weighted by Crippen LogP contribution is -2.18. The summed E-state index contributed by atoms with van der Waals surface area (Å²) in [6.45, 7) is 0. The number of nitrogens with two attached hydrogens (primary N) is 1. The largest absolute Gasteiger partial charge is 0.573 e. The molecule has 0 atom stereocenters. The van der Waals surface area contributed by atoms with Crippen molar-refractivity contribution in [2.45, 2.75) is 6.36 Å². The maximum atomic E-state index is 11.9. The third-order valence-corrected chi connectivity index (χ3v) is 1.82. The van der Waals surface area contributed by atoms with Gasteiger partial charge in [-0.05, 0) is 12.1 Å². The van der Waals surface area contributed by atoms with Crippen molar-refractivity contribution in [3.63, 3.8) is 0 Å². The Bertz CT molecular complexity index is 392. The lowest BCUT2D eigenvalue weighted by atomic mass is 10.2. The Balaban J connectivity index is 3.21. The van der Waals surface area contributed by atoms with Gasteiger partial charge in [-0.15, -0.1) is 13.2 Å². The monoisotopic (exact) mass is 239 g/mol. The van der Waals surface area contributed by atoms with Gasteiger partial charge in [0.2, 0.25) is 0 Å². The van der Waals surface area contributed by atoms with Gasteiger partial charge in [-0.1, -0.05) is 11.6 Å². The molecule has 0 aliphatic carbocycles. The first-order valence-corrected chi connectivity index (χ1v) is 4.02. The van der Waals surface area contributed by atoms with Crippen LogP contribution in [0.4, 0.5) is 18.9 Å². The summed E-state index contributed by atoms with van der Waals surface area (Å²) in [6, 6.07) is 2.30. The van der Waals surface area contributed by atoms with Crippen LogP contribution in [0.2, 0.25) is 5.02 Å². The predicted octanol–water partition coefficient (Wildman–Crippen LogP) is 2.63. The molecule has 0 spiro atoms. The van der Waals surface area contributed by atoms with Gasteiger partial charge in [-0.2, -0.15) is 0 Å². The predicted molar refractivity (Wildman–Crippen MR) is 47.9 cm³/mol. The number of carbonyl (C=O) groups is 1. The minimum atomic E-state index is -4.90. The number of aldehydes is 1. The van der Waals surface area contributed by atoms with E-state index in [9.17, 15) is 18.0 Å². The number of nitrogen functional groups attached to an aromatic ring is 1. The maximum Gasteiger partial charge on any atom is 0.573 e. The number of hydrogen-bond acceptors (Lipinski definition) is 3. The molecule has 15 heavy (non-hydrogen) atoms. The fourth-order valence-corrected chi connectivity index (χ4v) is 1.11. The molecule has 1 rings (SSSR count). The first-order valence-electron chi connectivity index (χ1n) is 3.64. The van der Waals surface area contributed by atoms with Crippen molar-refractivity contribution in [1.82, 2.24) is 0 Å². The number of halogens is 4. The van der Waals surface area contributed by atoms with E-state index in [1.165, 1.54) is 6.07 Å². The van der Waals surface area contributed by atoms with Gasteiger partial charge in [0.05, 0.1) is 10.7 Å². The highest BCUT2D eigenvalue weighted by Gasteiger charge is 2.33. The molecular weight excluding hydrogens is 235 g/mol. The minimum Gasteiger partial charge on any atom is -0.402 e. The zero-order valence-corrected chi connectivity index (χ0v) is 7.89. The molecule has 82 valence electrons.